The van der Waals surface area contributed by atoms with Crippen molar-refractivity contribution in [2.75, 3.05) is 20.1 Å². The van der Waals surface area contributed by atoms with Crippen LogP contribution in [0.25, 0.3) is 0 Å². The van der Waals surface area contributed by atoms with Crippen molar-refractivity contribution in [3.8, 4) is 0 Å². The fraction of sp³-hybridized carbons (Fsp3) is 0.625. The first-order valence-corrected chi connectivity index (χ1v) is 7.26. The van der Waals surface area contributed by atoms with Crippen LogP contribution < -0.4 is 5.32 Å². The first-order valence-electron chi connectivity index (χ1n) is 7.26. The van der Waals surface area contributed by atoms with E-state index in [0.29, 0.717) is 6.04 Å². The molecule has 0 radical (unpaired) electrons. The molecule has 18 heavy (non-hydrogen) atoms. The number of nitrogens with one attached hydrogen (secondary N) is 1. The summed E-state index contributed by atoms with van der Waals surface area (Å²) in [6.45, 7) is 5.83. The van der Waals surface area contributed by atoms with Crippen molar-refractivity contribution in [3.05, 3.63) is 34.9 Å². The van der Waals surface area contributed by atoms with E-state index in [0.717, 1.165) is 12.5 Å². The second-order valence-corrected chi connectivity index (χ2v) is 6.16. The van der Waals surface area contributed by atoms with E-state index < -0.39 is 0 Å². The van der Waals surface area contributed by atoms with Gasteiger partial charge < -0.3 is 10.2 Å². The van der Waals surface area contributed by atoms with Crippen molar-refractivity contribution in [1.82, 2.24) is 10.2 Å². The van der Waals surface area contributed by atoms with Gasteiger partial charge in [0.25, 0.3) is 0 Å². The van der Waals surface area contributed by atoms with Crippen LogP contribution in [0.1, 0.15) is 42.5 Å². The molecule has 2 aliphatic heterocycles. The molecule has 2 heteroatoms. The largest absolute Gasteiger partial charge is 0.310 e. The summed E-state index contributed by atoms with van der Waals surface area (Å²) in [4.78, 5) is 2.41. The van der Waals surface area contributed by atoms with Gasteiger partial charge in [0.2, 0.25) is 0 Å². The van der Waals surface area contributed by atoms with Crippen molar-refractivity contribution < 1.29 is 0 Å². The highest BCUT2D eigenvalue weighted by molar-refractivity contribution is 5.35. The summed E-state index contributed by atoms with van der Waals surface area (Å²) >= 11 is 0. The average molecular weight is 244 g/mol. The first-order chi connectivity index (χ1) is 8.72. The SMILES string of the molecule is CC1CCC(c2ccc3c(c2)CCN(C)C3)NC1. The van der Waals surface area contributed by atoms with E-state index in [1.165, 1.54) is 43.5 Å². The van der Waals surface area contributed by atoms with Crippen molar-refractivity contribution in [3.63, 3.8) is 0 Å². The summed E-state index contributed by atoms with van der Waals surface area (Å²) in [6.07, 6.45) is 3.86. The first kappa shape index (κ1) is 12.2. The van der Waals surface area contributed by atoms with Crippen LogP contribution >= 0.6 is 0 Å². The average Bonchev–Trinajstić information content (AvgIpc) is 2.39. The van der Waals surface area contributed by atoms with E-state index in [-0.39, 0.29) is 0 Å². The summed E-state index contributed by atoms with van der Waals surface area (Å²) < 4.78 is 0. The Labute approximate surface area is 110 Å². The molecule has 0 aliphatic carbocycles. The van der Waals surface area contributed by atoms with Crippen molar-refractivity contribution in [2.24, 2.45) is 5.92 Å². The molecule has 98 valence electrons. The molecule has 1 aromatic rings. The van der Waals surface area contributed by atoms with Gasteiger partial charge in [-0.2, -0.15) is 0 Å². The van der Waals surface area contributed by atoms with E-state index in [9.17, 15) is 0 Å². The minimum Gasteiger partial charge on any atom is -0.310 e. The van der Waals surface area contributed by atoms with E-state index in [2.05, 4.69) is 42.4 Å². The molecular weight excluding hydrogens is 220 g/mol. The minimum atomic E-state index is 0.589. The molecule has 0 bridgehead atoms. The Kier molecular flexibility index (Phi) is 3.40. The van der Waals surface area contributed by atoms with E-state index in [1.807, 2.05) is 0 Å². The predicted molar refractivity (Wildman–Crippen MR) is 75.6 cm³/mol. The highest BCUT2D eigenvalue weighted by Crippen LogP contribution is 2.28. The molecule has 0 spiro atoms. The summed E-state index contributed by atoms with van der Waals surface area (Å²) in [5, 5.41) is 3.69. The Bertz CT molecular complexity index is 419. The number of hydrogen-bond acceptors (Lipinski definition) is 2. The van der Waals surface area contributed by atoms with Crippen LogP contribution in [-0.4, -0.2) is 25.0 Å². The lowest BCUT2D eigenvalue weighted by atomic mass is 9.89. The van der Waals surface area contributed by atoms with Gasteiger partial charge in [-0.1, -0.05) is 25.1 Å². The molecule has 1 N–H and O–H groups in total. The predicted octanol–water partition coefficient (Wildman–Crippen LogP) is 2.74. The highest BCUT2D eigenvalue weighted by Gasteiger charge is 2.20. The van der Waals surface area contributed by atoms with E-state index in [1.54, 1.807) is 5.56 Å². The normalized spacial score (nSPS) is 29.0. The van der Waals surface area contributed by atoms with Crippen LogP contribution in [-0.2, 0) is 13.0 Å². The number of benzene rings is 1. The summed E-state index contributed by atoms with van der Waals surface area (Å²) in [6, 6.07) is 7.73. The molecule has 2 atom stereocenters. The number of piperidine rings is 1. The fourth-order valence-electron chi connectivity index (χ4n) is 3.21. The van der Waals surface area contributed by atoms with Crippen LogP contribution in [0.3, 0.4) is 0 Å². The smallest absolute Gasteiger partial charge is 0.0320 e. The highest BCUT2D eigenvalue weighted by atomic mass is 15.1. The number of rotatable bonds is 1. The van der Waals surface area contributed by atoms with Gasteiger partial charge in [-0.25, -0.2) is 0 Å². The molecule has 2 aliphatic rings. The molecule has 1 fully saturated rings. The summed E-state index contributed by atoms with van der Waals surface area (Å²) in [5.74, 6) is 0.840. The van der Waals surface area contributed by atoms with Crippen LogP contribution in [0.15, 0.2) is 18.2 Å². The number of fused-ring (bicyclic) bond motifs is 1. The third-order valence-electron chi connectivity index (χ3n) is 4.50. The zero-order valence-corrected chi connectivity index (χ0v) is 11.6. The van der Waals surface area contributed by atoms with Gasteiger partial charge in [-0.3, -0.25) is 0 Å². The zero-order chi connectivity index (χ0) is 12.5. The third-order valence-corrected chi connectivity index (χ3v) is 4.50. The van der Waals surface area contributed by atoms with Crippen LogP contribution in [0.2, 0.25) is 0 Å². The number of likely N-dealkylation sites (N-methyl/N-ethyl adjacent to an activating group) is 1. The Morgan fingerprint density at radius 1 is 1.22 bits per heavy atom. The Morgan fingerprint density at radius 2 is 2.11 bits per heavy atom. The van der Waals surface area contributed by atoms with Crippen molar-refractivity contribution >= 4 is 0 Å². The molecule has 2 unspecified atom stereocenters. The molecule has 0 amide bonds. The molecule has 0 aromatic heterocycles. The van der Waals surface area contributed by atoms with Crippen LogP contribution in [0.5, 0.6) is 0 Å². The molecule has 1 saturated heterocycles. The molecule has 3 rings (SSSR count). The Hall–Kier alpha value is -0.860. The zero-order valence-electron chi connectivity index (χ0n) is 11.6. The van der Waals surface area contributed by atoms with Gasteiger partial charge in [-0.15, -0.1) is 0 Å². The van der Waals surface area contributed by atoms with E-state index >= 15 is 0 Å². The second kappa shape index (κ2) is 5.02. The van der Waals surface area contributed by atoms with Gasteiger partial charge in [0, 0.05) is 19.1 Å². The van der Waals surface area contributed by atoms with Gasteiger partial charge in [0.1, 0.15) is 0 Å². The minimum absolute atomic E-state index is 0.589. The number of nitrogens with zero attached hydrogens (tertiary/aromatic N) is 1. The molecular formula is C16H24N2. The summed E-state index contributed by atoms with van der Waals surface area (Å²) in [7, 11) is 2.21. The topological polar surface area (TPSA) is 15.3 Å². The van der Waals surface area contributed by atoms with Gasteiger partial charge in [-0.05, 0) is 55.5 Å². The lowest BCUT2D eigenvalue weighted by Gasteiger charge is -2.30. The maximum absolute atomic E-state index is 3.69. The Balaban J connectivity index is 1.78. The van der Waals surface area contributed by atoms with Crippen molar-refractivity contribution in [1.29, 1.82) is 0 Å². The van der Waals surface area contributed by atoms with Gasteiger partial charge >= 0.3 is 0 Å². The monoisotopic (exact) mass is 244 g/mol. The van der Waals surface area contributed by atoms with E-state index in [4.69, 9.17) is 0 Å². The van der Waals surface area contributed by atoms with Crippen LogP contribution in [0, 0.1) is 5.92 Å². The standard InChI is InChI=1S/C16H24N2/c1-12-3-6-16(17-10-12)14-4-5-15-11-18(2)8-7-13(15)9-14/h4-5,9,12,16-17H,3,6-8,10-11H2,1-2H3. The van der Waals surface area contributed by atoms with Crippen molar-refractivity contribution in [2.45, 2.75) is 38.8 Å². The maximum atomic E-state index is 3.69. The van der Waals surface area contributed by atoms with Gasteiger partial charge in [0.05, 0.1) is 0 Å². The molecule has 0 saturated carbocycles. The third kappa shape index (κ3) is 2.45. The second-order valence-electron chi connectivity index (χ2n) is 6.16. The molecule has 2 heterocycles. The molecule has 1 aromatic carbocycles. The number of hydrogen-bond donors (Lipinski definition) is 1. The summed E-state index contributed by atoms with van der Waals surface area (Å²) in [5.41, 5.74) is 4.60. The maximum Gasteiger partial charge on any atom is 0.0320 e. The van der Waals surface area contributed by atoms with Gasteiger partial charge in [0.15, 0.2) is 0 Å². The molecule has 2 nitrogen and oxygen atoms in total. The van der Waals surface area contributed by atoms with Crippen LogP contribution in [0.4, 0.5) is 0 Å². The fourth-order valence-corrected chi connectivity index (χ4v) is 3.21. The quantitative estimate of drug-likeness (QED) is 0.817. The Morgan fingerprint density at radius 3 is 2.89 bits per heavy atom. The lowest BCUT2D eigenvalue weighted by Crippen LogP contribution is -2.32. The lowest BCUT2D eigenvalue weighted by molar-refractivity contribution is 0.311.